The minimum Gasteiger partial charge on any atom is -0.458 e. The normalized spacial score (nSPS) is 12.7. The maximum Gasteiger partial charge on any atom is 0.134 e. The first kappa shape index (κ1) is 12.9. The van der Waals surface area contributed by atoms with Gasteiger partial charge in [-0.25, -0.2) is 0 Å². The Morgan fingerprint density at radius 1 is 1.00 bits per heavy atom. The molecule has 1 unspecified atom stereocenters. The number of para-hydroxylation sites is 1. The van der Waals surface area contributed by atoms with Crippen molar-refractivity contribution >= 4 is 11.0 Å². The molecule has 2 nitrogen and oxygen atoms in total. The van der Waals surface area contributed by atoms with Gasteiger partial charge < -0.3 is 9.52 Å². The SMILES string of the molecule is CCc1ccc(CC(O)c2cc3ccccc3o2)cc1. The van der Waals surface area contributed by atoms with Gasteiger partial charge in [0, 0.05) is 11.8 Å². The van der Waals surface area contributed by atoms with E-state index in [9.17, 15) is 5.11 Å². The molecule has 1 aromatic heterocycles. The number of furan rings is 1. The monoisotopic (exact) mass is 266 g/mol. The van der Waals surface area contributed by atoms with E-state index < -0.39 is 6.10 Å². The third-order valence-corrected chi connectivity index (χ3v) is 3.63. The van der Waals surface area contributed by atoms with Crippen molar-refractivity contribution in [3.8, 4) is 0 Å². The molecule has 3 aromatic rings. The van der Waals surface area contributed by atoms with E-state index in [-0.39, 0.29) is 0 Å². The van der Waals surface area contributed by atoms with Crippen molar-refractivity contribution in [2.45, 2.75) is 25.9 Å². The fraction of sp³-hybridized carbons (Fsp3) is 0.222. The molecule has 0 saturated heterocycles. The van der Waals surface area contributed by atoms with E-state index in [1.807, 2.05) is 30.3 Å². The summed E-state index contributed by atoms with van der Waals surface area (Å²) in [5.74, 6) is 0.630. The minimum absolute atomic E-state index is 0.573. The zero-order valence-electron chi connectivity index (χ0n) is 11.5. The number of hydrogen-bond acceptors (Lipinski definition) is 2. The average molecular weight is 266 g/mol. The number of hydrogen-bond donors (Lipinski definition) is 1. The van der Waals surface area contributed by atoms with Crippen LogP contribution in [0.25, 0.3) is 11.0 Å². The third-order valence-electron chi connectivity index (χ3n) is 3.63. The first-order chi connectivity index (χ1) is 9.76. The van der Waals surface area contributed by atoms with Crippen LogP contribution in [-0.4, -0.2) is 5.11 Å². The molecule has 0 amide bonds. The smallest absolute Gasteiger partial charge is 0.134 e. The van der Waals surface area contributed by atoms with Gasteiger partial charge in [-0.05, 0) is 29.7 Å². The lowest BCUT2D eigenvalue weighted by Crippen LogP contribution is -2.00. The van der Waals surface area contributed by atoms with E-state index in [1.54, 1.807) is 0 Å². The fourth-order valence-corrected chi connectivity index (χ4v) is 2.40. The molecule has 0 spiro atoms. The molecule has 0 aliphatic carbocycles. The average Bonchev–Trinajstić information content (AvgIpc) is 2.92. The quantitative estimate of drug-likeness (QED) is 0.765. The van der Waals surface area contributed by atoms with Crippen LogP contribution in [0.1, 0.15) is 29.9 Å². The summed E-state index contributed by atoms with van der Waals surface area (Å²) in [5.41, 5.74) is 3.25. The number of rotatable bonds is 4. The van der Waals surface area contributed by atoms with Crippen LogP contribution in [0.4, 0.5) is 0 Å². The Kier molecular flexibility index (Phi) is 3.57. The van der Waals surface area contributed by atoms with Gasteiger partial charge in [-0.15, -0.1) is 0 Å². The zero-order valence-corrected chi connectivity index (χ0v) is 11.5. The lowest BCUT2D eigenvalue weighted by atomic mass is 10.0. The van der Waals surface area contributed by atoms with Crippen LogP contribution in [0.15, 0.2) is 59.0 Å². The first-order valence-electron chi connectivity index (χ1n) is 7.00. The molecule has 1 heterocycles. The number of aryl methyl sites for hydroxylation is 1. The topological polar surface area (TPSA) is 33.4 Å². The lowest BCUT2D eigenvalue weighted by molar-refractivity contribution is 0.152. The maximum absolute atomic E-state index is 10.3. The van der Waals surface area contributed by atoms with E-state index in [2.05, 4.69) is 31.2 Å². The molecule has 0 radical (unpaired) electrons. The summed E-state index contributed by atoms with van der Waals surface area (Å²) in [6.45, 7) is 2.14. The summed E-state index contributed by atoms with van der Waals surface area (Å²) in [7, 11) is 0. The summed E-state index contributed by atoms with van der Waals surface area (Å²) in [6.07, 6.45) is 1.01. The van der Waals surface area contributed by atoms with E-state index in [0.29, 0.717) is 12.2 Å². The van der Waals surface area contributed by atoms with Crippen LogP contribution >= 0.6 is 0 Å². The predicted molar refractivity (Wildman–Crippen MR) is 80.7 cm³/mol. The van der Waals surface area contributed by atoms with Crippen LogP contribution < -0.4 is 0 Å². The molecule has 0 aliphatic rings. The van der Waals surface area contributed by atoms with Gasteiger partial charge in [-0.1, -0.05) is 49.4 Å². The van der Waals surface area contributed by atoms with Crippen molar-refractivity contribution in [1.82, 2.24) is 0 Å². The molecule has 20 heavy (non-hydrogen) atoms. The predicted octanol–water partition coefficient (Wildman–Crippen LogP) is 4.27. The van der Waals surface area contributed by atoms with Crippen molar-refractivity contribution in [3.05, 3.63) is 71.5 Å². The van der Waals surface area contributed by atoms with Crippen LogP contribution in [0.3, 0.4) is 0 Å². The highest BCUT2D eigenvalue weighted by Crippen LogP contribution is 2.26. The van der Waals surface area contributed by atoms with Gasteiger partial charge in [0.15, 0.2) is 0 Å². The van der Waals surface area contributed by atoms with Crippen LogP contribution in [-0.2, 0) is 12.8 Å². The Labute approximate surface area is 118 Å². The number of aliphatic hydroxyl groups is 1. The first-order valence-corrected chi connectivity index (χ1v) is 7.00. The zero-order chi connectivity index (χ0) is 13.9. The molecule has 0 fully saturated rings. The Balaban J connectivity index is 1.79. The Morgan fingerprint density at radius 3 is 2.40 bits per heavy atom. The molecule has 2 heteroatoms. The van der Waals surface area contributed by atoms with Gasteiger partial charge in [-0.2, -0.15) is 0 Å². The fourth-order valence-electron chi connectivity index (χ4n) is 2.40. The molecule has 0 bridgehead atoms. The standard InChI is InChI=1S/C18H18O2/c1-2-13-7-9-14(10-8-13)11-16(19)18-12-15-5-3-4-6-17(15)20-18/h3-10,12,16,19H,2,11H2,1H3. The van der Waals surface area contributed by atoms with Gasteiger partial charge in [0.1, 0.15) is 17.4 Å². The molecular weight excluding hydrogens is 248 g/mol. The molecule has 2 aromatic carbocycles. The molecule has 0 aliphatic heterocycles. The van der Waals surface area contributed by atoms with Crippen molar-refractivity contribution in [3.63, 3.8) is 0 Å². The molecular formula is C18H18O2. The molecule has 1 N–H and O–H groups in total. The van der Waals surface area contributed by atoms with Gasteiger partial charge in [0.05, 0.1) is 0 Å². The highest BCUT2D eigenvalue weighted by molar-refractivity contribution is 5.77. The van der Waals surface area contributed by atoms with Crippen molar-refractivity contribution in [2.24, 2.45) is 0 Å². The Morgan fingerprint density at radius 2 is 1.70 bits per heavy atom. The van der Waals surface area contributed by atoms with Gasteiger partial charge >= 0.3 is 0 Å². The Bertz CT molecular complexity index is 662. The van der Waals surface area contributed by atoms with Crippen molar-refractivity contribution in [2.75, 3.05) is 0 Å². The van der Waals surface area contributed by atoms with Crippen LogP contribution in [0.2, 0.25) is 0 Å². The second-order valence-corrected chi connectivity index (χ2v) is 5.08. The molecule has 3 rings (SSSR count). The number of aliphatic hydroxyl groups excluding tert-OH is 1. The van der Waals surface area contributed by atoms with Gasteiger partial charge in [0.2, 0.25) is 0 Å². The third kappa shape index (κ3) is 2.61. The van der Waals surface area contributed by atoms with E-state index >= 15 is 0 Å². The largest absolute Gasteiger partial charge is 0.458 e. The highest BCUT2D eigenvalue weighted by atomic mass is 16.4. The maximum atomic E-state index is 10.3. The molecule has 0 saturated carbocycles. The van der Waals surface area contributed by atoms with Crippen molar-refractivity contribution in [1.29, 1.82) is 0 Å². The minimum atomic E-state index is -0.602. The number of benzene rings is 2. The van der Waals surface area contributed by atoms with Crippen molar-refractivity contribution < 1.29 is 9.52 Å². The summed E-state index contributed by atoms with van der Waals surface area (Å²) in [4.78, 5) is 0. The van der Waals surface area contributed by atoms with E-state index in [0.717, 1.165) is 23.0 Å². The number of fused-ring (bicyclic) bond motifs is 1. The lowest BCUT2D eigenvalue weighted by Gasteiger charge is -2.08. The van der Waals surface area contributed by atoms with Crippen LogP contribution in [0, 0.1) is 0 Å². The van der Waals surface area contributed by atoms with Crippen LogP contribution in [0.5, 0.6) is 0 Å². The second-order valence-electron chi connectivity index (χ2n) is 5.08. The molecule has 102 valence electrons. The highest BCUT2D eigenvalue weighted by Gasteiger charge is 2.13. The van der Waals surface area contributed by atoms with Gasteiger partial charge in [-0.3, -0.25) is 0 Å². The Hall–Kier alpha value is -2.06. The molecule has 1 atom stereocenters. The summed E-state index contributed by atoms with van der Waals surface area (Å²) >= 11 is 0. The second kappa shape index (κ2) is 5.51. The van der Waals surface area contributed by atoms with Gasteiger partial charge in [0.25, 0.3) is 0 Å². The van der Waals surface area contributed by atoms with E-state index in [1.165, 1.54) is 5.56 Å². The summed E-state index contributed by atoms with van der Waals surface area (Å²) in [6, 6.07) is 18.1. The van der Waals surface area contributed by atoms with E-state index in [4.69, 9.17) is 4.42 Å². The summed E-state index contributed by atoms with van der Waals surface area (Å²) < 4.78 is 5.70. The summed E-state index contributed by atoms with van der Waals surface area (Å²) in [5, 5.41) is 11.3.